The van der Waals surface area contributed by atoms with Gasteiger partial charge in [0.2, 0.25) is 0 Å². The van der Waals surface area contributed by atoms with Crippen LogP contribution < -0.4 is 5.32 Å². The molecule has 20 heavy (non-hydrogen) atoms. The molecule has 1 aliphatic carbocycles. The summed E-state index contributed by atoms with van der Waals surface area (Å²) in [6.45, 7) is 5.41. The molecule has 0 aromatic heterocycles. The number of carbonyl (C=O) groups excluding carboxylic acids is 1. The molecule has 0 radical (unpaired) electrons. The van der Waals surface area contributed by atoms with Gasteiger partial charge in [0.25, 0.3) is 0 Å². The molecule has 0 saturated heterocycles. The van der Waals surface area contributed by atoms with Crippen LogP contribution in [0.5, 0.6) is 0 Å². The summed E-state index contributed by atoms with van der Waals surface area (Å²) in [7, 11) is 0. The highest BCUT2D eigenvalue weighted by atomic mass is 35.5. The van der Waals surface area contributed by atoms with E-state index in [1.54, 1.807) is 32.9 Å². The second-order valence-corrected chi connectivity index (χ2v) is 6.77. The number of anilines is 1. The number of rotatable bonds is 3. The van der Waals surface area contributed by atoms with Crippen molar-refractivity contribution in [3.8, 4) is 0 Å². The molecule has 110 valence electrons. The fraction of sp³-hybridized carbons (Fsp3) is 0.533. The van der Waals surface area contributed by atoms with Crippen LogP contribution in [0.4, 0.5) is 10.5 Å². The Bertz CT molecular complexity index is 518. The first kappa shape index (κ1) is 15.1. The fourth-order valence-corrected chi connectivity index (χ4v) is 2.08. The van der Waals surface area contributed by atoms with Crippen molar-refractivity contribution in [3.63, 3.8) is 0 Å². The number of hydrogen-bond donors (Lipinski definition) is 2. The van der Waals surface area contributed by atoms with Gasteiger partial charge in [0.05, 0.1) is 5.60 Å². The van der Waals surface area contributed by atoms with E-state index < -0.39 is 17.3 Å². The molecule has 5 heteroatoms. The molecule has 0 unspecified atom stereocenters. The number of nitrogens with one attached hydrogen (secondary N) is 1. The zero-order chi connectivity index (χ0) is 15.0. The molecule has 1 aromatic rings. The Kier molecular flexibility index (Phi) is 3.98. The molecule has 1 aliphatic rings. The summed E-state index contributed by atoms with van der Waals surface area (Å²) in [5.41, 5.74) is 0.266. The third-order valence-corrected chi connectivity index (χ3v) is 3.29. The van der Waals surface area contributed by atoms with Crippen LogP contribution in [0.15, 0.2) is 18.2 Å². The molecule has 0 aliphatic heterocycles. The molecule has 1 amide bonds. The van der Waals surface area contributed by atoms with E-state index in [4.69, 9.17) is 16.3 Å². The minimum absolute atomic E-state index is 0.509. The highest BCUT2D eigenvalue weighted by molar-refractivity contribution is 6.31. The molecular weight excluding hydrogens is 278 g/mol. The van der Waals surface area contributed by atoms with Crippen molar-refractivity contribution >= 4 is 23.4 Å². The number of halogens is 1. The van der Waals surface area contributed by atoms with E-state index in [1.807, 2.05) is 6.07 Å². The van der Waals surface area contributed by atoms with Crippen LogP contribution in [-0.2, 0) is 11.2 Å². The normalized spacial score (nSPS) is 16.6. The van der Waals surface area contributed by atoms with E-state index in [1.165, 1.54) is 0 Å². The second kappa shape index (κ2) is 5.26. The van der Waals surface area contributed by atoms with E-state index in [0.717, 1.165) is 18.4 Å². The molecule has 2 N–H and O–H groups in total. The largest absolute Gasteiger partial charge is 0.444 e. The van der Waals surface area contributed by atoms with Crippen LogP contribution in [0.2, 0.25) is 5.02 Å². The Balaban J connectivity index is 2.12. The highest BCUT2D eigenvalue weighted by Crippen LogP contribution is 2.40. The number of ether oxygens (including phenoxy) is 1. The lowest BCUT2D eigenvalue weighted by Gasteiger charge is -2.21. The van der Waals surface area contributed by atoms with Gasteiger partial charge in [-0.05, 0) is 51.3 Å². The van der Waals surface area contributed by atoms with Crippen LogP contribution >= 0.6 is 11.6 Å². The van der Waals surface area contributed by atoms with Crippen LogP contribution in [0.25, 0.3) is 0 Å². The minimum Gasteiger partial charge on any atom is -0.444 e. The average Bonchev–Trinajstić information content (AvgIpc) is 2.98. The third-order valence-electron chi connectivity index (χ3n) is 3.05. The van der Waals surface area contributed by atoms with Crippen molar-refractivity contribution in [2.75, 3.05) is 5.32 Å². The van der Waals surface area contributed by atoms with Gasteiger partial charge in [-0.25, -0.2) is 4.79 Å². The van der Waals surface area contributed by atoms with E-state index in [0.29, 0.717) is 17.1 Å². The number of carbonyl (C=O) groups is 1. The Morgan fingerprint density at radius 2 is 2.10 bits per heavy atom. The topological polar surface area (TPSA) is 58.6 Å². The van der Waals surface area contributed by atoms with Gasteiger partial charge in [-0.1, -0.05) is 17.7 Å². The maximum Gasteiger partial charge on any atom is 0.412 e. The zero-order valence-corrected chi connectivity index (χ0v) is 12.8. The van der Waals surface area contributed by atoms with Gasteiger partial charge in [-0.2, -0.15) is 0 Å². The Morgan fingerprint density at radius 3 is 2.65 bits per heavy atom. The summed E-state index contributed by atoms with van der Waals surface area (Å²) in [5.74, 6) is 0. The molecule has 4 nitrogen and oxygen atoms in total. The molecule has 0 atom stereocenters. The lowest BCUT2D eigenvalue weighted by atomic mass is 10.0. The maximum atomic E-state index is 11.8. The maximum absolute atomic E-state index is 11.8. The van der Waals surface area contributed by atoms with Crippen molar-refractivity contribution in [2.24, 2.45) is 0 Å². The molecule has 1 fully saturated rings. The summed E-state index contributed by atoms with van der Waals surface area (Å²) in [4.78, 5) is 11.8. The molecule has 2 rings (SSSR count). The first-order valence-electron chi connectivity index (χ1n) is 6.68. The van der Waals surface area contributed by atoms with Crippen molar-refractivity contribution in [1.82, 2.24) is 0 Å². The standard InChI is InChI=1S/C15H20ClNO3/c1-14(2,3)20-13(18)17-12-8-11(16)5-4-10(12)9-15(19)6-7-15/h4-5,8,19H,6-7,9H2,1-3H3,(H,17,18). The number of aliphatic hydroxyl groups is 1. The van der Waals surface area contributed by atoms with E-state index in [-0.39, 0.29) is 0 Å². The lowest BCUT2D eigenvalue weighted by molar-refractivity contribution is 0.0635. The third kappa shape index (κ3) is 4.39. The van der Waals surface area contributed by atoms with Crippen molar-refractivity contribution < 1.29 is 14.6 Å². The van der Waals surface area contributed by atoms with Crippen LogP contribution in [-0.4, -0.2) is 22.4 Å². The Morgan fingerprint density at radius 1 is 1.45 bits per heavy atom. The van der Waals surface area contributed by atoms with Crippen LogP contribution in [0.3, 0.4) is 0 Å². The molecular formula is C15H20ClNO3. The van der Waals surface area contributed by atoms with Crippen LogP contribution in [0.1, 0.15) is 39.2 Å². The first-order chi connectivity index (χ1) is 9.17. The number of benzene rings is 1. The number of hydrogen-bond acceptors (Lipinski definition) is 3. The summed E-state index contributed by atoms with van der Waals surface area (Å²) in [5, 5.41) is 13.3. The van der Waals surface area contributed by atoms with Gasteiger partial charge < -0.3 is 9.84 Å². The quantitative estimate of drug-likeness (QED) is 0.893. The summed E-state index contributed by atoms with van der Waals surface area (Å²) >= 11 is 5.97. The predicted octanol–water partition coefficient (Wildman–Crippen LogP) is 3.75. The van der Waals surface area contributed by atoms with Gasteiger partial charge in [0.1, 0.15) is 5.60 Å². The van der Waals surface area contributed by atoms with Gasteiger partial charge in [0, 0.05) is 17.1 Å². The molecule has 0 spiro atoms. The van der Waals surface area contributed by atoms with Crippen molar-refractivity contribution in [2.45, 2.75) is 51.2 Å². The minimum atomic E-state index is -0.627. The molecule has 1 aromatic carbocycles. The van der Waals surface area contributed by atoms with E-state index in [9.17, 15) is 9.90 Å². The summed E-state index contributed by atoms with van der Waals surface area (Å²) in [6.07, 6.45) is 1.57. The second-order valence-electron chi connectivity index (χ2n) is 6.33. The van der Waals surface area contributed by atoms with Gasteiger partial charge >= 0.3 is 6.09 Å². The lowest BCUT2D eigenvalue weighted by Crippen LogP contribution is -2.27. The SMILES string of the molecule is CC(C)(C)OC(=O)Nc1cc(Cl)ccc1CC1(O)CC1. The zero-order valence-electron chi connectivity index (χ0n) is 12.0. The smallest absolute Gasteiger partial charge is 0.412 e. The Hall–Kier alpha value is -1.26. The van der Waals surface area contributed by atoms with Crippen molar-refractivity contribution in [3.05, 3.63) is 28.8 Å². The van der Waals surface area contributed by atoms with E-state index >= 15 is 0 Å². The summed E-state index contributed by atoms with van der Waals surface area (Å²) in [6, 6.07) is 5.25. The van der Waals surface area contributed by atoms with Crippen molar-refractivity contribution in [1.29, 1.82) is 0 Å². The van der Waals surface area contributed by atoms with Gasteiger partial charge in [0.15, 0.2) is 0 Å². The average molecular weight is 298 g/mol. The van der Waals surface area contributed by atoms with Crippen LogP contribution in [0, 0.1) is 0 Å². The summed E-state index contributed by atoms with van der Waals surface area (Å²) < 4.78 is 5.23. The molecule has 1 saturated carbocycles. The predicted molar refractivity (Wildman–Crippen MR) is 79.2 cm³/mol. The van der Waals surface area contributed by atoms with Gasteiger partial charge in [-0.3, -0.25) is 5.32 Å². The first-order valence-corrected chi connectivity index (χ1v) is 7.06. The van der Waals surface area contributed by atoms with E-state index in [2.05, 4.69) is 5.32 Å². The molecule has 0 heterocycles. The monoisotopic (exact) mass is 297 g/mol. The highest BCUT2D eigenvalue weighted by Gasteiger charge is 2.40. The molecule has 0 bridgehead atoms. The fourth-order valence-electron chi connectivity index (χ4n) is 1.91. The van der Waals surface area contributed by atoms with Gasteiger partial charge in [-0.15, -0.1) is 0 Å². The number of amides is 1. The Labute approximate surface area is 124 Å².